The van der Waals surface area contributed by atoms with Crippen LogP contribution in [0.15, 0.2) is 89.7 Å². The molecule has 35 heavy (non-hydrogen) atoms. The standard InChI is InChI=1S/C26H25N5O4/c1-18(20-11-15-23(16-12-20)31(34)35)28-29-26(33)24(27-25(32)21-7-5-4-6-8-21)17-19-9-13-22(14-10-19)30(2)3/h4-17H,1-3H3,(H,27,32)(H,29,33)/b24-17+,28-18+. The molecule has 0 aliphatic rings. The van der Waals surface area contributed by atoms with Crippen LogP contribution in [-0.4, -0.2) is 36.5 Å². The van der Waals surface area contributed by atoms with Crippen molar-refractivity contribution in [1.82, 2.24) is 10.7 Å². The molecule has 0 spiro atoms. The van der Waals surface area contributed by atoms with Gasteiger partial charge in [0.25, 0.3) is 17.5 Å². The van der Waals surface area contributed by atoms with Crippen LogP contribution >= 0.6 is 0 Å². The number of hydrogen-bond donors (Lipinski definition) is 2. The molecule has 3 rings (SSSR count). The van der Waals surface area contributed by atoms with Crippen molar-refractivity contribution in [2.45, 2.75) is 6.92 Å². The molecule has 0 radical (unpaired) electrons. The van der Waals surface area contributed by atoms with Crippen LogP contribution in [0.3, 0.4) is 0 Å². The zero-order valence-electron chi connectivity index (χ0n) is 19.6. The second kappa shape index (κ2) is 11.4. The van der Waals surface area contributed by atoms with Crippen molar-refractivity contribution in [3.05, 3.63) is 111 Å². The molecule has 0 heterocycles. The van der Waals surface area contributed by atoms with Crippen molar-refractivity contribution >= 4 is 35.0 Å². The maximum atomic E-state index is 13.0. The highest BCUT2D eigenvalue weighted by atomic mass is 16.6. The van der Waals surface area contributed by atoms with Crippen molar-refractivity contribution < 1.29 is 14.5 Å². The number of amides is 2. The van der Waals surface area contributed by atoms with Crippen molar-refractivity contribution in [3.8, 4) is 0 Å². The van der Waals surface area contributed by atoms with Crippen LogP contribution in [0.1, 0.15) is 28.4 Å². The quantitative estimate of drug-likeness (QED) is 0.223. The fraction of sp³-hybridized carbons (Fsp3) is 0.115. The Hall–Kier alpha value is -4.79. The summed E-state index contributed by atoms with van der Waals surface area (Å²) in [5.41, 5.74) is 5.57. The van der Waals surface area contributed by atoms with E-state index in [1.165, 1.54) is 12.1 Å². The van der Waals surface area contributed by atoms with E-state index in [4.69, 9.17) is 0 Å². The first-order valence-electron chi connectivity index (χ1n) is 10.7. The van der Waals surface area contributed by atoms with E-state index in [0.717, 1.165) is 5.69 Å². The average Bonchev–Trinajstić information content (AvgIpc) is 2.87. The number of benzene rings is 3. The number of carbonyl (C=O) groups is 2. The van der Waals surface area contributed by atoms with Crippen LogP contribution in [0.5, 0.6) is 0 Å². The Morgan fingerprint density at radius 2 is 1.54 bits per heavy atom. The van der Waals surface area contributed by atoms with Crippen LogP contribution < -0.4 is 15.6 Å². The first kappa shape index (κ1) is 24.8. The Kier molecular flexibility index (Phi) is 8.07. The summed E-state index contributed by atoms with van der Waals surface area (Å²) in [7, 11) is 3.85. The molecule has 3 aromatic carbocycles. The van der Waals surface area contributed by atoms with E-state index >= 15 is 0 Å². The number of hydrogen-bond acceptors (Lipinski definition) is 6. The van der Waals surface area contributed by atoms with Crippen molar-refractivity contribution in [2.75, 3.05) is 19.0 Å². The fourth-order valence-corrected chi connectivity index (χ4v) is 3.06. The fourth-order valence-electron chi connectivity index (χ4n) is 3.06. The summed E-state index contributed by atoms with van der Waals surface area (Å²) in [5, 5.41) is 17.6. The molecule has 0 aliphatic heterocycles. The number of nitro benzene ring substituents is 1. The van der Waals surface area contributed by atoms with Crippen LogP contribution in [0.4, 0.5) is 11.4 Å². The molecule has 0 saturated carbocycles. The molecule has 9 nitrogen and oxygen atoms in total. The molecular weight excluding hydrogens is 446 g/mol. The Morgan fingerprint density at radius 1 is 0.914 bits per heavy atom. The smallest absolute Gasteiger partial charge is 0.287 e. The third kappa shape index (κ3) is 6.84. The van der Waals surface area contributed by atoms with Gasteiger partial charge in [-0.25, -0.2) is 5.43 Å². The summed E-state index contributed by atoms with van der Waals surface area (Å²) < 4.78 is 0. The lowest BCUT2D eigenvalue weighted by Gasteiger charge is -2.13. The largest absolute Gasteiger partial charge is 0.378 e. The van der Waals surface area contributed by atoms with E-state index in [9.17, 15) is 19.7 Å². The van der Waals surface area contributed by atoms with Crippen LogP contribution in [0.2, 0.25) is 0 Å². The topological polar surface area (TPSA) is 117 Å². The summed E-state index contributed by atoms with van der Waals surface area (Å²) in [6.07, 6.45) is 1.56. The van der Waals surface area contributed by atoms with Gasteiger partial charge in [-0.2, -0.15) is 5.10 Å². The number of nitrogens with one attached hydrogen (secondary N) is 2. The third-order valence-corrected chi connectivity index (χ3v) is 5.07. The monoisotopic (exact) mass is 471 g/mol. The van der Waals surface area contributed by atoms with Gasteiger partial charge in [0.05, 0.1) is 10.6 Å². The number of nitro groups is 1. The van der Waals surface area contributed by atoms with Gasteiger partial charge in [-0.15, -0.1) is 0 Å². The van der Waals surface area contributed by atoms with Gasteiger partial charge in [0.1, 0.15) is 5.70 Å². The summed E-state index contributed by atoms with van der Waals surface area (Å²) in [6, 6.07) is 21.8. The lowest BCUT2D eigenvalue weighted by Crippen LogP contribution is -2.33. The molecule has 2 N–H and O–H groups in total. The molecule has 2 amide bonds. The van der Waals surface area contributed by atoms with Crippen molar-refractivity contribution in [3.63, 3.8) is 0 Å². The summed E-state index contributed by atoms with van der Waals surface area (Å²) in [5.74, 6) is -1.06. The molecule has 0 bridgehead atoms. The van der Waals surface area contributed by atoms with Gasteiger partial charge in [0, 0.05) is 37.5 Å². The highest BCUT2D eigenvalue weighted by Crippen LogP contribution is 2.15. The number of rotatable bonds is 8. The third-order valence-electron chi connectivity index (χ3n) is 5.07. The van der Waals surface area contributed by atoms with Gasteiger partial charge in [-0.3, -0.25) is 19.7 Å². The van der Waals surface area contributed by atoms with Gasteiger partial charge in [0.2, 0.25) is 0 Å². The van der Waals surface area contributed by atoms with E-state index < -0.39 is 16.7 Å². The minimum absolute atomic E-state index is 0.0108. The first-order valence-corrected chi connectivity index (χ1v) is 10.7. The van der Waals surface area contributed by atoms with Gasteiger partial charge in [-0.05, 0) is 60.5 Å². The Labute approximate surface area is 202 Å². The minimum atomic E-state index is -0.618. The Morgan fingerprint density at radius 3 is 2.11 bits per heavy atom. The van der Waals surface area contributed by atoms with Crippen LogP contribution in [-0.2, 0) is 4.79 Å². The molecule has 178 valence electrons. The van der Waals surface area contributed by atoms with E-state index in [1.807, 2.05) is 43.3 Å². The number of hydrazone groups is 1. The molecule has 0 unspecified atom stereocenters. The van der Waals surface area contributed by atoms with E-state index in [0.29, 0.717) is 22.4 Å². The molecule has 0 aromatic heterocycles. The molecule has 0 atom stereocenters. The second-order valence-electron chi connectivity index (χ2n) is 7.81. The molecule has 0 aliphatic carbocycles. The molecule has 0 saturated heterocycles. The molecule has 0 fully saturated rings. The number of carbonyl (C=O) groups excluding carboxylic acids is 2. The highest BCUT2D eigenvalue weighted by Gasteiger charge is 2.15. The minimum Gasteiger partial charge on any atom is -0.378 e. The molecule has 9 heteroatoms. The maximum absolute atomic E-state index is 13.0. The first-order chi connectivity index (χ1) is 16.7. The average molecular weight is 472 g/mol. The Bertz CT molecular complexity index is 1270. The number of anilines is 1. The van der Waals surface area contributed by atoms with E-state index in [2.05, 4.69) is 15.8 Å². The predicted molar refractivity (Wildman–Crippen MR) is 136 cm³/mol. The predicted octanol–water partition coefficient (Wildman–Crippen LogP) is 3.97. The van der Waals surface area contributed by atoms with E-state index in [-0.39, 0.29) is 11.4 Å². The lowest BCUT2D eigenvalue weighted by molar-refractivity contribution is -0.384. The van der Waals surface area contributed by atoms with Gasteiger partial charge >= 0.3 is 0 Å². The lowest BCUT2D eigenvalue weighted by atomic mass is 10.1. The van der Waals surface area contributed by atoms with Gasteiger partial charge in [-0.1, -0.05) is 30.3 Å². The maximum Gasteiger partial charge on any atom is 0.287 e. The SMILES string of the molecule is C/C(=N\NC(=O)/C(=C\c1ccc(N(C)C)cc1)NC(=O)c1ccccc1)c1ccc([N+](=O)[O-])cc1. The number of non-ortho nitro benzene ring substituents is 1. The van der Waals surface area contributed by atoms with Crippen LogP contribution in [0, 0.1) is 10.1 Å². The number of nitrogens with zero attached hydrogens (tertiary/aromatic N) is 3. The normalized spacial score (nSPS) is 11.5. The van der Waals surface area contributed by atoms with Crippen molar-refractivity contribution in [1.29, 1.82) is 0 Å². The van der Waals surface area contributed by atoms with Gasteiger partial charge < -0.3 is 10.2 Å². The molecular formula is C26H25N5O4. The second-order valence-corrected chi connectivity index (χ2v) is 7.81. The Balaban J connectivity index is 1.84. The summed E-state index contributed by atoms with van der Waals surface area (Å²) >= 11 is 0. The zero-order valence-corrected chi connectivity index (χ0v) is 19.6. The summed E-state index contributed by atoms with van der Waals surface area (Å²) in [6.45, 7) is 1.66. The van der Waals surface area contributed by atoms with Crippen LogP contribution in [0.25, 0.3) is 6.08 Å². The highest BCUT2D eigenvalue weighted by molar-refractivity contribution is 6.06. The van der Waals surface area contributed by atoms with E-state index in [1.54, 1.807) is 55.5 Å². The van der Waals surface area contributed by atoms with Crippen molar-refractivity contribution in [2.24, 2.45) is 5.10 Å². The molecule has 3 aromatic rings. The van der Waals surface area contributed by atoms with Gasteiger partial charge in [0.15, 0.2) is 0 Å². The zero-order chi connectivity index (χ0) is 25.4. The summed E-state index contributed by atoms with van der Waals surface area (Å²) in [4.78, 5) is 38.0.